The molecule has 0 unspecified atom stereocenters. The lowest BCUT2D eigenvalue weighted by atomic mass is 10.1. The van der Waals surface area contributed by atoms with Crippen LogP contribution in [-0.4, -0.2) is 46.4 Å². The Hall–Kier alpha value is -1.80. The number of hydrogen-bond donors (Lipinski definition) is 2. The van der Waals surface area contributed by atoms with Gasteiger partial charge in [-0.3, -0.25) is 9.52 Å². The summed E-state index contributed by atoms with van der Waals surface area (Å²) in [6.45, 7) is 1.53. The third kappa shape index (κ3) is 6.98. The highest BCUT2D eigenvalue weighted by Crippen LogP contribution is 2.26. The first-order valence-electron chi connectivity index (χ1n) is 8.65. The predicted octanol–water partition coefficient (Wildman–Crippen LogP) is 3.40. The lowest BCUT2D eigenvalue weighted by molar-refractivity contribution is -0.120. The summed E-state index contributed by atoms with van der Waals surface area (Å²) in [7, 11) is 0.184. The second-order valence-corrected chi connectivity index (χ2v) is 9.06. The minimum absolute atomic E-state index is 0.0167. The molecule has 0 radical (unpaired) electrons. The number of rotatable bonds is 9. The van der Waals surface area contributed by atoms with Crippen LogP contribution in [-0.2, 0) is 21.2 Å². The monoisotopic (exact) mass is 443 g/mol. The zero-order chi connectivity index (χ0) is 20.7. The van der Waals surface area contributed by atoms with Crippen molar-refractivity contribution in [3.63, 3.8) is 0 Å². The molecule has 1 amide bonds. The fourth-order valence-electron chi connectivity index (χ4n) is 2.42. The van der Waals surface area contributed by atoms with Crippen LogP contribution in [0.3, 0.4) is 0 Å². The second kappa shape index (κ2) is 10.1. The Morgan fingerprint density at radius 3 is 2.32 bits per heavy atom. The van der Waals surface area contributed by atoms with Crippen LogP contribution in [0.25, 0.3) is 0 Å². The average molecular weight is 444 g/mol. The van der Waals surface area contributed by atoms with Crippen molar-refractivity contribution in [1.29, 1.82) is 0 Å². The van der Waals surface area contributed by atoms with Gasteiger partial charge >= 0.3 is 0 Å². The molecular formula is C19H23Cl2N3O3S. The van der Waals surface area contributed by atoms with Crippen molar-refractivity contribution in [2.75, 3.05) is 31.9 Å². The molecule has 0 aromatic heterocycles. The normalized spacial score (nSPS) is 11.5. The van der Waals surface area contributed by atoms with E-state index >= 15 is 0 Å². The first kappa shape index (κ1) is 22.5. The van der Waals surface area contributed by atoms with Gasteiger partial charge in [0.2, 0.25) is 5.91 Å². The van der Waals surface area contributed by atoms with Gasteiger partial charge in [0.1, 0.15) is 0 Å². The summed E-state index contributed by atoms with van der Waals surface area (Å²) in [6.07, 6.45) is 1.12. The molecule has 0 spiro atoms. The lowest BCUT2D eigenvalue weighted by Crippen LogP contribution is -2.28. The molecule has 0 heterocycles. The number of nitrogens with zero attached hydrogens (tertiary/aromatic N) is 1. The Balaban J connectivity index is 1.93. The van der Waals surface area contributed by atoms with Crippen LogP contribution in [0.2, 0.25) is 10.0 Å². The molecule has 0 atom stereocenters. The van der Waals surface area contributed by atoms with Crippen LogP contribution in [0.1, 0.15) is 12.0 Å². The maximum absolute atomic E-state index is 12.4. The van der Waals surface area contributed by atoms with Gasteiger partial charge in [-0.1, -0.05) is 35.3 Å². The highest BCUT2D eigenvalue weighted by Gasteiger charge is 2.15. The maximum atomic E-state index is 12.4. The number of nitrogens with one attached hydrogen (secondary N) is 2. The molecule has 152 valence electrons. The predicted molar refractivity (Wildman–Crippen MR) is 114 cm³/mol. The van der Waals surface area contributed by atoms with Crippen LogP contribution >= 0.6 is 23.2 Å². The molecule has 0 aliphatic carbocycles. The first-order valence-corrected chi connectivity index (χ1v) is 10.9. The fraction of sp³-hybridized carbons (Fsp3) is 0.316. The Kier molecular flexibility index (Phi) is 8.12. The van der Waals surface area contributed by atoms with Gasteiger partial charge < -0.3 is 10.2 Å². The van der Waals surface area contributed by atoms with Crippen molar-refractivity contribution in [3.05, 3.63) is 58.1 Å². The zero-order valence-corrected chi connectivity index (χ0v) is 18.0. The minimum atomic E-state index is -3.79. The molecule has 0 aliphatic heterocycles. The zero-order valence-electron chi connectivity index (χ0n) is 15.7. The number of carbonyl (C=O) groups is 1. The number of carbonyl (C=O) groups excluding carboxylic acids is 1. The number of anilines is 1. The van der Waals surface area contributed by atoms with Crippen LogP contribution < -0.4 is 10.0 Å². The summed E-state index contributed by atoms with van der Waals surface area (Å²) in [5, 5.41) is 3.32. The molecule has 0 saturated heterocycles. The maximum Gasteiger partial charge on any atom is 0.261 e. The highest BCUT2D eigenvalue weighted by molar-refractivity contribution is 7.92. The van der Waals surface area contributed by atoms with E-state index in [2.05, 4.69) is 14.9 Å². The molecule has 9 heteroatoms. The van der Waals surface area contributed by atoms with Gasteiger partial charge in [-0.2, -0.15) is 0 Å². The van der Waals surface area contributed by atoms with E-state index in [1.807, 2.05) is 14.1 Å². The summed E-state index contributed by atoms with van der Waals surface area (Å²) < 4.78 is 27.4. The van der Waals surface area contributed by atoms with Gasteiger partial charge in [-0.15, -0.1) is 0 Å². The lowest BCUT2D eigenvalue weighted by Gasteiger charge is -2.11. The number of halogens is 2. The van der Waals surface area contributed by atoms with Crippen molar-refractivity contribution in [1.82, 2.24) is 10.2 Å². The standard InChI is InChI=1S/C19H23Cl2N3O3S/c1-24(2)11-3-10-22-19(25)12-14-4-6-15(7-5-14)23-28(26,27)16-8-9-17(20)18(21)13-16/h4-9,13,23H,3,10-12H2,1-2H3,(H,22,25). The Bertz CT molecular complexity index is 917. The Labute approximate surface area is 175 Å². The molecular weight excluding hydrogens is 421 g/mol. The van der Waals surface area contributed by atoms with Crippen LogP contribution in [0.5, 0.6) is 0 Å². The van der Waals surface area contributed by atoms with Crippen LogP contribution in [0.4, 0.5) is 5.69 Å². The van der Waals surface area contributed by atoms with Gasteiger partial charge in [-0.05, 0) is 63.0 Å². The largest absolute Gasteiger partial charge is 0.356 e. The van der Waals surface area contributed by atoms with Gasteiger partial charge in [0.15, 0.2) is 0 Å². The number of benzene rings is 2. The van der Waals surface area contributed by atoms with Crippen LogP contribution in [0, 0.1) is 0 Å². The van der Waals surface area contributed by atoms with E-state index in [4.69, 9.17) is 23.2 Å². The molecule has 2 aromatic rings. The first-order chi connectivity index (χ1) is 13.2. The third-order valence-corrected chi connectivity index (χ3v) is 5.99. The summed E-state index contributed by atoms with van der Waals surface area (Å²) in [4.78, 5) is 14.0. The fourth-order valence-corrected chi connectivity index (χ4v) is 3.87. The molecule has 2 rings (SSSR count). The molecule has 2 N–H and O–H groups in total. The van der Waals surface area contributed by atoms with Crippen molar-refractivity contribution in [2.45, 2.75) is 17.7 Å². The molecule has 6 nitrogen and oxygen atoms in total. The summed E-state index contributed by atoms with van der Waals surface area (Å²) >= 11 is 11.7. The molecule has 0 fully saturated rings. The van der Waals surface area contributed by atoms with Gasteiger partial charge in [-0.25, -0.2) is 8.42 Å². The molecule has 0 bridgehead atoms. The van der Waals surface area contributed by atoms with E-state index in [0.29, 0.717) is 12.2 Å². The molecule has 28 heavy (non-hydrogen) atoms. The van der Waals surface area contributed by atoms with Gasteiger partial charge in [0.25, 0.3) is 10.0 Å². The van der Waals surface area contributed by atoms with Gasteiger partial charge in [0, 0.05) is 12.2 Å². The van der Waals surface area contributed by atoms with Crippen molar-refractivity contribution in [3.8, 4) is 0 Å². The van der Waals surface area contributed by atoms with Crippen molar-refractivity contribution < 1.29 is 13.2 Å². The van der Waals surface area contributed by atoms with Crippen molar-refractivity contribution in [2.24, 2.45) is 0 Å². The summed E-state index contributed by atoms with van der Waals surface area (Å²) in [5.74, 6) is -0.0668. The minimum Gasteiger partial charge on any atom is -0.356 e. The second-order valence-electron chi connectivity index (χ2n) is 6.56. The average Bonchev–Trinajstić information content (AvgIpc) is 2.62. The van der Waals surface area contributed by atoms with E-state index in [1.54, 1.807) is 24.3 Å². The number of hydrogen-bond acceptors (Lipinski definition) is 4. The smallest absolute Gasteiger partial charge is 0.261 e. The number of sulfonamides is 1. The molecule has 0 aliphatic rings. The van der Waals surface area contributed by atoms with E-state index in [-0.39, 0.29) is 27.3 Å². The topological polar surface area (TPSA) is 78.5 Å². The van der Waals surface area contributed by atoms with E-state index in [9.17, 15) is 13.2 Å². The van der Waals surface area contributed by atoms with E-state index in [1.165, 1.54) is 18.2 Å². The number of amides is 1. The quantitative estimate of drug-likeness (QED) is 0.582. The summed E-state index contributed by atoms with van der Waals surface area (Å²) in [6, 6.07) is 10.8. The molecule has 2 aromatic carbocycles. The van der Waals surface area contributed by atoms with E-state index in [0.717, 1.165) is 18.5 Å². The highest BCUT2D eigenvalue weighted by atomic mass is 35.5. The van der Waals surface area contributed by atoms with Gasteiger partial charge in [0.05, 0.1) is 21.4 Å². The Morgan fingerprint density at radius 2 is 1.71 bits per heavy atom. The Morgan fingerprint density at radius 1 is 1.04 bits per heavy atom. The third-order valence-electron chi connectivity index (χ3n) is 3.88. The van der Waals surface area contributed by atoms with Crippen molar-refractivity contribution >= 4 is 44.8 Å². The summed E-state index contributed by atoms with van der Waals surface area (Å²) in [5.41, 5.74) is 1.18. The SMILES string of the molecule is CN(C)CCCNC(=O)Cc1ccc(NS(=O)(=O)c2ccc(Cl)c(Cl)c2)cc1. The van der Waals surface area contributed by atoms with Crippen LogP contribution in [0.15, 0.2) is 47.4 Å². The molecule has 0 saturated carbocycles. The van der Waals surface area contributed by atoms with E-state index < -0.39 is 10.0 Å².